The van der Waals surface area contributed by atoms with Gasteiger partial charge in [0.15, 0.2) is 5.13 Å². The smallest absolute Gasteiger partial charge is 0.222 e. The Labute approximate surface area is 142 Å². The fraction of sp³-hybridized carbons (Fsp3) is 0.556. The van der Waals surface area contributed by atoms with Crippen LogP contribution in [0.3, 0.4) is 0 Å². The zero-order valence-corrected chi connectivity index (χ0v) is 14.9. The second-order valence-electron chi connectivity index (χ2n) is 6.12. The summed E-state index contributed by atoms with van der Waals surface area (Å²) in [6, 6.07) is 6.54. The van der Waals surface area contributed by atoms with Crippen molar-refractivity contribution >= 4 is 32.6 Å². The molecule has 0 bridgehead atoms. The molecule has 2 heterocycles. The summed E-state index contributed by atoms with van der Waals surface area (Å²) in [4.78, 5) is 21.2. The third-order valence-corrected chi connectivity index (χ3v) is 5.58. The Balaban J connectivity index is 1.64. The monoisotopic (exact) mass is 331 g/mol. The molecule has 1 amide bonds. The van der Waals surface area contributed by atoms with E-state index in [4.69, 9.17) is 4.98 Å². The molecule has 23 heavy (non-hydrogen) atoms. The lowest BCUT2D eigenvalue weighted by Gasteiger charge is -2.34. The van der Waals surface area contributed by atoms with Crippen LogP contribution in [-0.4, -0.2) is 42.0 Å². The summed E-state index contributed by atoms with van der Waals surface area (Å²) in [6.45, 7) is 7.72. The van der Waals surface area contributed by atoms with Gasteiger partial charge in [-0.25, -0.2) is 4.98 Å². The maximum Gasteiger partial charge on any atom is 0.222 e. The number of fused-ring (bicyclic) bond motifs is 1. The number of thiazole rings is 1. The predicted molar refractivity (Wildman–Crippen MR) is 97.3 cm³/mol. The third kappa shape index (κ3) is 3.66. The molecule has 4 nitrogen and oxygen atoms in total. The fourth-order valence-corrected chi connectivity index (χ4v) is 4.03. The van der Waals surface area contributed by atoms with Gasteiger partial charge in [-0.15, -0.1) is 0 Å². The molecule has 0 spiro atoms. The van der Waals surface area contributed by atoms with Crippen molar-refractivity contribution in [1.82, 2.24) is 9.88 Å². The van der Waals surface area contributed by atoms with Crippen LogP contribution >= 0.6 is 11.3 Å². The number of unbranched alkanes of at least 4 members (excludes halogenated alkanes) is 1. The first-order valence-electron chi connectivity index (χ1n) is 8.63. The Hall–Kier alpha value is -1.62. The highest BCUT2D eigenvalue weighted by Crippen LogP contribution is 2.30. The molecule has 124 valence electrons. The molecule has 0 unspecified atom stereocenters. The molecule has 1 aromatic heterocycles. The fourth-order valence-electron chi connectivity index (χ4n) is 2.95. The molecule has 1 aromatic carbocycles. The first-order valence-corrected chi connectivity index (χ1v) is 9.45. The number of piperazine rings is 1. The Morgan fingerprint density at radius 1 is 1.22 bits per heavy atom. The van der Waals surface area contributed by atoms with Crippen molar-refractivity contribution in [3.05, 3.63) is 23.8 Å². The topological polar surface area (TPSA) is 36.4 Å². The van der Waals surface area contributed by atoms with Crippen molar-refractivity contribution in [3.8, 4) is 0 Å². The molecule has 3 rings (SSSR count). The number of nitrogens with zero attached hydrogens (tertiary/aromatic N) is 3. The largest absolute Gasteiger partial charge is 0.345 e. The number of carbonyl (C=O) groups is 1. The van der Waals surface area contributed by atoms with Crippen LogP contribution in [0.4, 0.5) is 5.13 Å². The van der Waals surface area contributed by atoms with Gasteiger partial charge in [0.05, 0.1) is 10.2 Å². The maximum atomic E-state index is 12.1. The Kier molecular flexibility index (Phi) is 5.16. The summed E-state index contributed by atoms with van der Waals surface area (Å²) < 4.78 is 1.26. The van der Waals surface area contributed by atoms with E-state index in [0.717, 1.165) is 56.1 Å². The molecule has 0 N–H and O–H groups in total. The van der Waals surface area contributed by atoms with E-state index in [1.54, 1.807) is 11.3 Å². The standard InChI is InChI=1S/C18H25N3OS/c1-3-5-6-17(22)20-9-11-21(12-10-20)18-19-15-8-7-14(4-2)13-16(15)23-18/h7-8,13H,3-6,9-12H2,1-2H3. The van der Waals surface area contributed by atoms with Crippen LogP contribution in [0, 0.1) is 0 Å². The van der Waals surface area contributed by atoms with E-state index in [2.05, 4.69) is 36.9 Å². The van der Waals surface area contributed by atoms with Crippen LogP contribution in [0.2, 0.25) is 0 Å². The zero-order chi connectivity index (χ0) is 16.2. The molecular weight excluding hydrogens is 306 g/mol. The molecule has 0 saturated carbocycles. The van der Waals surface area contributed by atoms with Crippen LogP contribution in [0.15, 0.2) is 18.2 Å². The lowest BCUT2D eigenvalue weighted by atomic mass is 10.2. The lowest BCUT2D eigenvalue weighted by molar-refractivity contribution is -0.131. The number of amides is 1. The summed E-state index contributed by atoms with van der Waals surface area (Å²) in [5, 5.41) is 1.09. The summed E-state index contributed by atoms with van der Waals surface area (Å²) in [6.07, 6.45) is 3.83. The molecule has 1 fully saturated rings. The van der Waals surface area contributed by atoms with Crippen molar-refractivity contribution in [1.29, 1.82) is 0 Å². The quantitative estimate of drug-likeness (QED) is 0.838. The van der Waals surface area contributed by atoms with Crippen molar-refractivity contribution in [3.63, 3.8) is 0 Å². The number of anilines is 1. The summed E-state index contributed by atoms with van der Waals surface area (Å²) in [7, 11) is 0. The number of carbonyl (C=O) groups excluding carboxylic acids is 1. The van der Waals surface area contributed by atoms with Crippen LogP contribution in [0.1, 0.15) is 38.7 Å². The molecule has 0 aliphatic carbocycles. The second kappa shape index (κ2) is 7.30. The highest BCUT2D eigenvalue weighted by atomic mass is 32.1. The van der Waals surface area contributed by atoms with Gasteiger partial charge in [-0.1, -0.05) is 37.7 Å². The van der Waals surface area contributed by atoms with Crippen molar-refractivity contribution in [2.24, 2.45) is 0 Å². The SMILES string of the molecule is CCCCC(=O)N1CCN(c2nc3ccc(CC)cc3s2)CC1. The average molecular weight is 331 g/mol. The molecule has 0 radical (unpaired) electrons. The van der Waals surface area contributed by atoms with E-state index >= 15 is 0 Å². The molecule has 1 aliphatic heterocycles. The minimum Gasteiger partial charge on any atom is -0.345 e. The van der Waals surface area contributed by atoms with Gasteiger partial charge >= 0.3 is 0 Å². The number of benzene rings is 1. The molecule has 5 heteroatoms. The van der Waals surface area contributed by atoms with E-state index in [1.165, 1.54) is 10.3 Å². The van der Waals surface area contributed by atoms with E-state index in [0.29, 0.717) is 12.3 Å². The van der Waals surface area contributed by atoms with Crippen LogP contribution in [0.25, 0.3) is 10.2 Å². The minimum atomic E-state index is 0.309. The number of hydrogen-bond donors (Lipinski definition) is 0. The van der Waals surface area contributed by atoms with Crippen molar-refractivity contribution < 1.29 is 4.79 Å². The Bertz CT molecular complexity index is 674. The van der Waals surface area contributed by atoms with Gasteiger partial charge in [-0.2, -0.15) is 0 Å². The van der Waals surface area contributed by atoms with E-state index in [-0.39, 0.29) is 0 Å². The van der Waals surface area contributed by atoms with Crippen LogP contribution in [0.5, 0.6) is 0 Å². The van der Waals surface area contributed by atoms with E-state index < -0.39 is 0 Å². The molecule has 1 saturated heterocycles. The van der Waals surface area contributed by atoms with Crippen LogP contribution < -0.4 is 4.90 Å². The highest BCUT2D eigenvalue weighted by molar-refractivity contribution is 7.22. The normalized spacial score (nSPS) is 15.4. The van der Waals surface area contributed by atoms with Gasteiger partial charge in [0.25, 0.3) is 0 Å². The third-order valence-electron chi connectivity index (χ3n) is 4.50. The minimum absolute atomic E-state index is 0.309. The van der Waals surface area contributed by atoms with E-state index in [1.807, 2.05) is 4.90 Å². The van der Waals surface area contributed by atoms with Gasteiger partial charge in [0.2, 0.25) is 5.91 Å². The van der Waals surface area contributed by atoms with Crippen molar-refractivity contribution in [2.75, 3.05) is 31.1 Å². The number of hydrogen-bond acceptors (Lipinski definition) is 4. The summed E-state index contributed by atoms with van der Waals surface area (Å²) in [5.41, 5.74) is 2.45. The van der Waals surface area contributed by atoms with E-state index in [9.17, 15) is 4.79 Å². The predicted octanol–water partition coefficient (Wildman–Crippen LogP) is 3.70. The molecule has 0 atom stereocenters. The number of aromatic nitrogens is 1. The number of rotatable bonds is 5. The van der Waals surface area contributed by atoms with Crippen LogP contribution in [-0.2, 0) is 11.2 Å². The van der Waals surface area contributed by atoms with Gasteiger partial charge in [0.1, 0.15) is 0 Å². The highest BCUT2D eigenvalue weighted by Gasteiger charge is 2.22. The second-order valence-corrected chi connectivity index (χ2v) is 7.13. The number of aryl methyl sites for hydroxylation is 1. The Morgan fingerprint density at radius 2 is 2.00 bits per heavy atom. The molecule has 2 aromatic rings. The summed E-state index contributed by atoms with van der Waals surface area (Å²) >= 11 is 1.77. The average Bonchev–Trinajstić information content (AvgIpc) is 3.02. The first kappa shape index (κ1) is 16.2. The lowest BCUT2D eigenvalue weighted by Crippen LogP contribution is -2.48. The zero-order valence-electron chi connectivity index (χ0n) is 14.0. The molecular formula is C18H25N3OS. The maximum absolute atomic E-state index is 12.1. The van der Waals surface area contributed by atoms with Gasteiger partial charge in [-0.3, -0.25) is 4.79 Å². The van der Waals surface area contributed by atoms with Gasteiger partial charge < -0.3 is 9.80 Å². The molecule has 1 aliphatic rings. The Morgan fingerprint density at radius 3 is 2.70 bits per heavy atom. The first-order chi connectivity index (χ1) is 11.2. The summed E-state index contributed by atoms with van der Waals surface area (Å²) in [5.74, 6) is 0.309. The van der Waals surface area contributed by atoms with Crippen molar-refractivity contribution in [2.45, 2.75) is 39.5 Å². The van der Waals surface area contributed by atoms with Gasteiger partial charge in [-0.05, 0) is 30.5 Å². The van der Waals surface area contributed by atoms with Gasteiger partial charge in [0, 0.05) is 32.6 Å².